The van der Waals surface area contributed by atoms with Gasteiger partial charge in [-0.25, -0.2) is 4.98 Å². The molecule has 0 aliphatic carbocycles. The number of Topliss-reactive ketones (excluding diaryl/α,β-unsaturated/α-hetero) is 1. The summed E-state index contributed by atoms with van der Waals surface area (Å²) in [6.45, 7) is 4.54. The summed E-state index contributed by atoms with van der Waals surface area (Å²) in [6, 6.07) is 3.76. The molecule has 0 radical (unpaired) electrons. The van der Waals surface area contributed by atoms with Crippen LogP contribution < -0.4 is 0 Å². The Labute approximate surface area is 98.8 Å². The molecule has 2 heterocycles. The quantitative estimate of drug-likeness (QED) is 0.762. The second kappa shape index (κ2) is 4.61. The Morgan fingerprint density at radius 1 is 1.56 bits per heavy atom. The molecule has 3 nitrogen and oxygen atoms in total. The summed E-state index contributed by atoms with van der Waals surface area (Å²) in [5.41, 5.74) is 0. The second-order valence-corrected chi connectivity index (χ2v) is 4.92. The van der Waals surface area contributed by atoms with Crippen LogP contribution in [-0.2, 0) is 6.54 Å². The molecule has 0 atom stereocenters. The Bertz CT molecular complexity index is 471. The number of ketones is 1. The molecule has 2 aromatic rings. The number of carbonyl (C=O) groups excluding carboxylic acids is 1. The van der Waals surface area contributed by atoms with Gasteiger partial charge < -0.3 is 4.57 Å². The maximum atomic E-state index is 11.9. The summed E-state index contributed by atoms with van der Waals surface area (Å²) in [7, 11) is 0. The molecule has 4 heteroatoms. The highest BCUT2D eigenvalue weighted by atomic mass is 32.1. The Kier molecular flexibility index (Phi) is 3.19. The minimum atomic E-state index is 0.148. The Hall–Kier alpha value is -1.42. The van der Waals surface area contributed by atoms with Crippen LogP contribution in [0.4, 0.5) is 0 Å². The summed E-state index contributed by atoms with van der Waals surface area (Å²) in [5, 5.41) is 1.92. The predicted octanol–water partition coefficient (Wildman–Crippen LogP) is 2.95. The van der Waals surface area contributed by atoms with Crippen LogP contribution >= 0.6 is 11.3 Å². The fourth-order valence-electron chi connectivity index (χ4n) is 1.62. The van der Waals surface area contributed by atoms with Crippen molar-refractivity contribution >= 4 is 17.1 Å². The van der Waals surface area contributed by atoms with Crippen LogP contribution in [0, 0.1) is 0 Å². The molecule has 0 N–H and O–H groups in total. The highest BCUT2D eigenvalue weighted by Gasteiger charge is 2.12. The zero-order valence-corrected chi connectivity index (χ0v) is 10.2. The van der Waals surface area contributed by atoms with Crippen molar-refractivity contribution in [1.82, 2.24) is 9.55 Å². The molecule has 0 bridgehead atoms. The summed E-state index contributed by atoms with van der Waals surface area (Å²) in [5.74, 6) is 1.45. The molecule has 0 saturated heterocycles. The van der Waals surface area contributed by atoms with E-state index in [1.54, 1.807) is 6.20 Å². The zero-order chi connectivity index (χ0) is 11.5. The van der Waals surface area contributed by atoms with Gasteiger partial charge >= 0.3 is 0 Å². The average Bonchev–Trinajstić information content (AvgIpc) is 2.86. The van der Waals surface area contributed by atoms with Gasteiger partial charge in [-0.1, -0.05) is 19.9 Å². The average molecular weight is 234 g/mol. The molecule has 0 saturated carbocycles. The molecule has 0 aromatic carbocycles. The molecule has 2 aromatic heterocycles. The van der Waals surface area contributed by atoms with Gasteiger partial charge in [-0.15, -0.1) is 11.3 Å². The first-order valence-corrected chi connectivity index (χ1v) is 6.14. The van der Waals surface area contributed by atoms with Crippen molar-refractivity contribution in [3.05, 3.63) is 40.6 Å². The number of carbonyl (C=O) groups is 1. The largest absolute Gasteiger partial charge is 0.327 e. The third-order valence-electron chi connectivity index (χ3n) is 2.37. The minimum Gasteiger partial charge on any atom is -0.327 e. The highest BCUT2D eigenvalue weighted by Crippen LogP contribution is 2.14. The van der Waals surface area contributed by atoms with E-state index >= 15 is 0 Å². The van der Waals surface area contributed by atoms with Gasteiger partial charge in [-0.05, 0) is 11.4 Å². The molecule has 84 valence electrons. The lowest BCUT2D eigenvalue weighted by Gasteiger charge is -2.08. The van der Waals surface area contributed by atoms with Gasteiger partial charge in [0.2, 0.25) is 0 Å². The van der Waals surface area contributed by atoms with Crippen LogP contribution in [-0.4, -0.2) is 15.3 Å². The number of aromatic nitrogens is 2. The molecular formula is C12H14N2OS. The fraction of sp³-hybridized carbons (Fsp3) is 0.333. The first kappa shape index (κ1) is 11.1. The van der Waals surface area contributed by atoms with Crippen molar-refractivity contribution in [2.45, 2.75) is 26.3 Å². The first-order chi connectivity index (χ1) is 7.68. The summed E-state index contributed by atoms with van der Waals surface area (Å²) < 4.78 is 1.92. The monoisotopic (exact) mass is 234 g/mol. The number of hydrogen-bond donors (Lipinski definition) is 0. The third kappa shape index (κ3) is 2.22. The molecule has 0 spiro atoms. The zero-order valence-electron chi connectivity index (χ0n) is 9.38. The van der Waals surface area contributed by atoms with Gasteiger partial charge in [0.05, 0.1) is 11.4 Å². The maximum Gasteiger partial charge on any atom is 0.192 e. The van der Waals surface area contributed by atoms with E-state index in [4.69, 9.17) is 0 Å². The van der Waals surface area contributed by atoms with E-state index in [1.165, 1.54) is 11.3 Å². The van der Waals surface area contributed by atoms with Crippen LogP contribution in [0.2, 0.25) is 0 Å². The van der Waals surface area contributed by atoms with E-state index in [-0.39, 0.29) is 5.78 Å². The normalized spacial score (nSPS) is 10.9. The van der Waals surface area contributed by atoms with E-state index in [0.29, 0.717) is 12.5 Å². The SMILES string of the molecule is CC(C)c1nccn1CC(=O)c1cccs1. The number of imidazole rings is 1. The van der Waals surface area contributed by atoms with Gasteiger partial charge in [-0.2, -0.15) is 0 Å². The van der Waals surface area contributed by atoms with E-state index < -0.39 is 0 Å². The van der Waals surface area contributed by atoms with E-state index in [0.717, 1.165) is 10.7 Å². The molecule has 0 amide bonds. The van der Waals surface area contributed by atoms with Crippen molar-refractivity contribution in [2.75, 3.05) is 0 Å². The lowest BCUT2D eigenvalue weighted by atomic mass is 10.2. The van der Waals surface area contributed by atoms with Gasteiger partial charge in [0.15, 0.2) is 5.78 Å². The van der Waals surface area contributed by atoms with Crippen LogP contribution in [0.15, 0.2) is 29.9 Å². The lowest BCUT2D eigenvalue weighted by Crippen LogP contribution is -2.12. The Morgan fingerprint density at radius 3 is 3.00 bits per heavy atom. The third-order valence-corrected chi connectivity index (χ3v) is 3.28. The van der Waals surface area contributed by atoms with Crippen LogP contribution in [0.25, 0.3) is 0 Å². The van der Waals surface area contributed by atoms with E-state index in [9.17, 15) is 4.79 Å². The first-order valence-electron chi connectivity index (χ1n) is 5.26. The summed E-state index contributed by atoms with van der Waals surface area (Å²) >= 11 is 1.48. The number of nitrogens with zero attached hydrogens (tertiary/aromatic N) is 2. The molecule has 0 aliphatic heterocycles. The van der Waals surface area contributed by atoms with Gasteiger partial charge in [0, 0.05) is 18.3 Å². The number of hydrogen-bond acceptors (Lipinski definition) is 3. The Morgan fingerprint density at radius 2 is 2.38 bits per heavy atom. The predicted molar refractivity (Wildman–Crippen MR) is 65.0 cm³/mol. The van der Waals surface area contributed by atoms with E-state index in [1.807, 2.05) is 28.3 Å². The van der Waals surface area contributed by atoms with Gasteiger partial charge in [0.25, 0.3) is 0 Å². The molecule has 0 unspecified atom stereocenters. The van der Waals surface area contributed by atoms with Gasteiger partial charge in [0.1, 0.15) is 5.82 Å². The van der Waals surface area contributed by atoms with Crippen molar-refractivity contribution in [3.63, 3.8) is 0 Å². The van der Waals surface area contributed by atoms with Crippen molar-refractivity contribution in [3.8, 4) is 0 Å². The number of thiophene rings is 1. The second-order valence-electron chi connectivity index (χ2n) is 3.97. The van der Waals surface area contributed by atoms with Crippen molar-refractivity contribution < 1.29 is 4.79 Å². The molecule has 16 heavy (non-hydrogen) atoms. The molecule has 0 fully saturated rings. The van der Waals surface area contributed by atoms with E-state index in [2.05, 4.69) is 18.8 Å². The highest BCUT2D eigenvalue weighted by molar-refractivity contribution is 7.12. The lowest BCUT2D eigenvalue weighted by molar-refractivity contribution is 0.0974. The molecule has 2 rings (SSSR count). The van der Waals surface area contributed by atoms with Crippen LogP contribution in [0.5, 0.6) is 0 Å². The maximum absolute atomic E-state index is 11.9. The van der Waals surface area contributed by atoms with Crippen LogP contribution in [0.1, 0.15) is 35.3 Å². The standard InChI is InChI=1S/C12H14N2OS/c1-9(2)12-13-5-6-14(12)8-10(15)11-4-3-7-16-11/h3-7,9H,8H2,1-2H3. The fourth-order valence-corrected chi connectivity index (χ4v) is 2.28. The smallest absolute Gasteiger partial charge is 0.192 e. The summed E-state index contributed by atoms with van der Waals surface area (Å²) in [6.07, 6.45) is 3.61. The molecular weight excluding hydrogens is 220 g/mol. The van der Waals surface area contributed by atoms with Gasteiger partial charge in [-0.3, -0.25) is 4.79 Å². The van der Waals surface area contributed by atoms with Crippen molar-refractivity contribution in [2.24, 2.45) is 0 Å². The van der Waals surface area contributed by atoms with Crippen LogP contribution in [0.3, 0.4) is 0 Å². The number of rotatable bonds is 4. The minimum absolute atomic E-state index is 0.148. The van der Waals surface area contributed by atoms with Crippen molar-refractivity contribution in [1.29, 1.82) is 0 Å². The molecule has 0 aliphatic rings. The summed E-state index contributed by atoms with van der Waals surface area (Å²) in [4.78, 5) is 17.0. The Balaban J connectivity index is 2.15. The topological polar surface area (TPSA) is 34.9 Å².